The molecule has 1 amide bonds. The van der Waals surface area contributed by atoms with Gasteiger partial charge in [0, 0.05) is 40.0 Å². The number of H-pyrrole nitrogens is 1. The van der Waals surface area contributed by atoms with Gasteiger partial charge in [0.15, 0.2) is 16.8 Å². The minimum absolute atomic E-state index is 0.0196. The van der Waals surface area contributed by atoms with Gasteiger partial charge in [0.2, 0.25) is 5.91 Å². The number of Topliss-reactive ketones (excluding diaryl/α,β-unsaturated/α-hetero) is 1. The molecule has 2 aromatic heterocycles. The summed E-state index contributed by atoms with van der Waals surface area (Å²) < 4.78 is 2.18. The van der Waals surface area contributed by atoms with Gasteiger partial charge in [0.25, 0.3) is 0 Å². The van der Waals surface area contributed by atoms with Crippen LogP contribution in [0.1, 0.15) is 34.8 Å². The second-order valence-electron chi connectivity index (χ2n) is 7.96. The number of nitrogens with zero attached hydrogens (tertiary/aromatic N) is 3. The van der Waals surface area contributed by atoms with Crippen LogP contribution in [0.25, 0.3) is 22.3 Å². The van der Waals surface area contributed by atoms with Crippen molar-refractivity contribution in [3.8, 4) is 11.4 Å². The molecule has 7 nitrogen and oxygen atoms in total. The molecule has 1 aliphatic carbocycles. The number of aromatic amines is 1. The number of rotatable bonds is 6. The van der Waals surface area contributed by atoms with E-state index in [4.69, 9.17) is 0 Å². The Kier molecular flexibility index (Phi) is 4.21. The summed E-state index contributed by atoms with van der Waals surface area (Å²) in [5, 5.41) is 13.6. The molecular formula is C23H19N5O2S. The summed E-state index contributed by atoms with van der Waals surface area (Å²) in [7, 11) is 0. The van der Waals surface area contributed by atoms with Crippen LogP contribution in [-0.4, -0.2) is 37.2 Å². The molecular weight excluding hydrogens is 410 g/mol. The first-order valence-corrected chi connectivity index (χ1v) is 11.3. The van der Waals surface area contributed by atoms with Gasteiger partial charge in [-0.3, -0.25) is 14.2 Å². The van der Waals surface area contributed by atoms with E-state index in [2.05, 4.69) is 31.1 Å². The van der Waals surface area contributed by atoms with Crippen LogP contribution in [0.3, 0.4) is 0 Å². The van der Waals surface area contributed by atoms with Gasteiger partial charge < -0.3 is 10.3 Å². The van der Waals surface area contributed by atoms with E-state index < -0.39 is 0 Å². The molecule has 4 aromatic rings. The van der Waals surface area contributed by atoms with Crippen molar-refractivity contribution in [2.45, 2.75) is 30.5 Å². The number of carbonyl (C=O) groups is 2. The predicted molar refractivity (Wildman–Crippen MR) is 119 cm³/mol. The second kappa shape index (κ2) is 7.09. The number of carbonyl (C=O) groups excluding carboxylic acids is 2. The molecule has 0 spiro atoms. The third kappa shape index (κ3) is 3.23. The third-order valence-electron chi connectivity index (χ3n) is 5.79. The van der Waals surface area contributed by atoms with E-state index in [0.29, 0.717) is 18.0 Å². The standard InChI is InChI=1S/C23H19N5O2S/c29-20(13-5-8-18-14(9-13)10-21(30)25-18)12-31-23-27-26-22(28(23)15-6-7-15)17-11-24-19-4-2-1-3-16(17)19/h1-5,8-9,11,15,24H,6-7,10,12H2,(H,25,30). The minimum Gasteiger partial charge on any atom is -0.360 e. The summed E-state index contributed by atoms with van der Waals surface area (Å²) in [4.78, 5) is 27.7. The zero-order chi connectivity index (χ0) is 20.9. The highest BCUT2D eigenvalue weighted by molar-refractivity contribution is 7.99. The number of hydrogen-bond acceptors (Lipinski definition) is 5. The highest BCUT2D eigenvalue weighted by Gasteiger charge is 2.31. The number of thioether (sulfide) groups is 1. The van der Waals surface area contributed by atoms with Crippen molar-refractivity contribution in [1.82, 2.24) is 19.7 Å². The van der Waals surface area contributed by atoms with Crippen molar-refractivity contribution in [2.75, 3.05) is 11.1 Å². The fourth-order valence-electron chi connectivity index (χ4n) is 4.09. The Morgan fingerprint density at radius 3 is 2.90 bits per heavy atom. The number of fused-ring (bicyclic) bond motifs is 2. The lowest BCUT2D eigenvalue weighted by Gasteiger charge is -2.08. The van der Waals surface area contributed by atoms with Crippen molar-refractivity contribution in [1.29, 1.82) is 0 Å². The van der Waals surface area contributed by atoms with Gasteiger partial charge in [-0.1, -0.05) is 30.0 Å². The molecule has 0 atom stereocenters. The number of amides is 1. The Bertz CT molecular complexity index is 1350. The number of ketones is 1. The molecule has 0 radical (unpaired) electrons. The van der Waals surface area contributed by atoms with E-state index in [1.807, 2.05) is 30.5 Å². The van der Waals surface area contributed by atoms with E-state index >= 15 is 0 Å². The van der Waals surface area contributed by atoms with Gasteiger partial charge in [-0.25, -0.2) is 0 Å². The molecule has 8 heteroatoms. The maximum absolute atomic E-state index is 12.8. The van der Waals surface area contributed by atoms with Crippen LogP contribution in [0.4, 0.5) is 5.69 Å². The van der Waals surface area contributed by atoms with E-state index in [0.717, 1.165) is 51.5 Å². The molecule has 1 fully saturated rings. The first-order valence-electron chi connectivity index (χ1n) is 10.3. The normalized spacial score (nSPS) is 15.3. The molecule has 0 saturated heterocycles. The summed E-state index contributed by atoms with van der Waals surface area (Å²) in [6.07, 6.45) is 4.50. The van der Waals surface area contributed by atoms with E-state index in [1.54, 1.807) is 12.1 Å². The van der Waals surface area contributed by atoms with Gasteiger partial charge in [0.1, 0.15) is 0 Å². The molecule has 1 saturated carbocycles. The van der Waals surface area contributed by atoms with Crippen molar-refractivity contribution >= 4 is 40.0 Å². The van der Waals surface area contributed by atoms with Gasteiger partial charge in [0.05, 0.1) is 12.2 Å². The smallest absolute Gasteiger partial charge is 0.228 e. The number of nitrogens with one attached hydrogen (secondary N) is 2. The molecule has 0 unspecified atom stereocenters. The molecule has 2 aliphatic rings. The molecule has 1 aliphatic heterocycles. The zero-order valence-electron chi connectivity index (χ0n) is 16.6. The lowest BCUT2D eigenvalue weighted by molar-refractivity contribution is -0.115. The molecule has 31 heavy (non-hydrogen) atoms. The quantitative estimate of drug-likeness (QED) is 0.353. The van der Waals surface area contributed by atoms with Crippen LogP contribution >= 0.6 is 11.8 Å². The number of hydrogen-bond donors (Lipinski definition) is 2. The molecule has 2 aromatic carbocycles. The van der Waals surface area contributed by atoms with Crippen LogP contribution < -0.4 is 5.32 Å². The van der Waals surface area contributed by atoms with Gasteiger partial charge in [-0.05, 0) is 42.7 Å². The zero-order valence-corrected chi connectivity index (χ0v) is 17.4. The highest BCUT2D eigenvalue weighted by atomic mass is 32.2. The fourth-order valence-corrected chi connectivity index (χ4v) is 4.99. The summed E-state index contributed by atoms with van der Waals surface area (Å²) in [5.74, 6) is 1.11. The number of anilines is 1. The minimum atomic E-state index is -0.0312. The first-order chi connectivity index (χ1) is 15.2. The predicted octanol–water partition coefficient (Wildman–Crippen LogP) is 4.23. The van der Waals surface area contributed by atoms with Gasteiger partial charge in [-0.15, -0.1) is 10.2 Å². The Morgan fingerprint density at radius 1 is 1.16 bits per heavy atom. The summed E-state index contributed by atoms with van der Waals surface area (Å²) in [6.45, 7) is 0. The fraction of sp³-hybridized carbons (Fsp3) is 0.217. The summed E-state index contributed by atoms with van der Waals surface area (Å²) >= 11 is 1.42. The van der Waals surface area contributed by atoms with Crippen molar-refractivity contribution in [3.63, 3.8) is 0 Å². The topological polar surface area (TPSA) is 92.7 Å². The average Bonchev–Trinajstić information content (AvgIpc) is 3.21. The van der Waals surface area contributed by atoms with Crippen molar-refractivity contribution < 1.29 is 9.59 Å². The lowest BCUT2D eigenvalue weighted by Crippen LogP contribution is -2.05. The largest absolute Gasteiger partial charge is 0.360 e. The molecule has 6 rings (SSSR count). The molecule has 3 heterocycles. The molecule has 0 bridgehead atoms. The van der Waals surface area contributed by atoms with Crippen LogP contribution in [0, 0.1) is 0 Å². The SMILES string of the molecule is O=C1Cc2cc(C(=O)CSc3nnc(-c4c[nH]c5ccccc45)n3C3CC3)ccc2N1. The maximum atomic E-state index is 12.8. The molecule has 2 N–H and O–H groups in total. The average molecular weight is 430 g/mol. The van der Waals surface area contributed by atoms with Crippen molar-refractivity contribution in [3.05, 3.63) is 59.8 Å². The number of aromatic nitrogens is 4. The second-order valence-corrected chi connectivity index (χ2v) is 8.91. The molecule has 154 valence electrons. The van der Waals surface area contributed by atoms with E-state index in [-0.39, 0.29) is 17.4 Å². The van der Waals surface area contributed by atoms with Gasteiger partial charge >= 0.3 is 0 Å². The van der Waals surface area contributed by atoms with Crippen LogP contribution in [0.5, 0.6) is 0 Å². The van der Waals surface area contributed by atoms with Crippen LogP contribution in [0.15, 0.2) is 53.8 Å². The van der Waals surface area contributed by atoms with E-state index in [9.17, 15) is 9.59 Å². The Morgan fingerprint density at radius 2 is 2.03 bits per heavy atom. The summed E-state index contributed by atoms with van der Waals surface area (Å²) in [6, 6.07) is 13.9. The van der Waals surface area contributed by atoms with Crippen molar-refractivity contribution in [2.24, 2.45) is 0 Å². The van der Waals surface area contributed by atoms with Gasteiger partial charge in [-0.2, -0.15) is 0 Å². The number of para-hydroxylation sites is 1. The third-order valence-corrected chi connectivity index (χ3v) is 6.73. The maximum Gasteiger partial charge on any atom is 0.228 e. The highest BCUT2D eigenvalue weighted by Crippen LogP contribution is 2.42. The monoisotopic (exact) mass is 429 g/mol. The van der Waals surface area contributed by atoms with Crippen LogP contribution in [-0.2, 0) is 11.2 Å². The Balaban J connectivity index is 1.26. The van der Waals surface area contributed by atoms with Crippen LogP contribution in [0.2, 0.25) is 0 Å². The lowest BCUT2D eigenvalue weighted by atomic mass is 10.1. The Hall–Kier alpha value is -3.39. The first kappa shape index (κ1) is 18.4. The number of benzene rings is 2. The summed E-state index contributed by atoms with van der Waals surface area (Å²) in [5.41, 5.74) is 4.40. The van der Waals surface area contributed by atoms with E-state index in [1.165, 1.54) is 11.8 Å². The Labute approximate surface area is 182 Å².